The third-order valence-electron chi connectivity index (χ3n) is 2.10. The van der Waals surface area contributed by atoms with Gasteiger partial charge in [0, 0.05) is 6.92 Å². The molecule has 0 aliphatic rings. The third-order valence-corrected chi connectivity index (χ3v) is 2.10. The van der Waals surface area contributed by atoms with Gasteiger partial charge in [-0.05, 0) is 5.92 Å². The van der Waals surface area contributed by atoms with Crippen LogP contribution in [0.3, 0.4) is 0 Å². The Morgan fingerprint density at radius 2 is 1.75 bits per heavy atom. The van der Waals surface area contributed by atoms with Crippen molar-refractivity contribution in [2.45, 2.75) is 26.3 Å². The van der Waals surface area contributed by atoms with E-state index in [9.17, 15) is 14.4 Å². The fraction of sp³-hybridized carbons (Fsp3) is 0.700. The van der Waals surface area contributed by atoms with Gasteiger partial charge in [0.2, 0.25) is 5.91 Å². The molecule has 0 bridgehead atoms. The van der Waals surface area contributed by atoms with Crippen molar-refractivity contribution in [3.05, 3.63) is 0 Å². The number of hydrogen-bond donors (Lipinski definition) is 1. The first-order valence-electron chi connectivity index (χ1n) is 4.84. The molecule has 0 radical (unpaired) electrons. The molecule has 0 spiro atoms. The van der Waals surface area contributed by atoms with Gasteiger partial charge in [0.25, 0.3) is 0 Å². The van der Waals surface area contributed by atoms with Crippen molar-refractivity contribution in [3.8, 4) is 0 Å². The second-order valence-corrected chi connectivity index (χ2v) is 3.46. The molecule has 0 saturated carbocycles. The first-order chi connectivity index (χ1) is 7.42. The summed E-state index contributed by atoms with van der Waals surface area (Å²) in [5, 5.41) is 2.44. The Bertz CT molecular complexity index is 276. The van der Waals surface area contributed by atoms with Crippen LogP contribution < -0.4 is 5.32 Å². The van der Waals surface area contributed by atoms with Gasteiger partial charge in [0.05, 0.1) is 20.6 Å². The van der Waals surface area contributed by atoms with Gasteiger partial charge in [-0.3, -0.25) is 9.59 Å². The molecule has 0 aliphatic heterocycles. The van der Waals surface area contributed by atoms with E-state index in [0.29, 0.717) is 0 Å². The average Bonchev–Trinajstić information content (AvgIpc) is 2.24. The highest BCUT2D eigenvalue weighted by atomic mass is 16.5. The van der Waals surface area contributed by atoms with Crippen LogP contribution in [-0.2, 0) is 23.9 Å². The van der Waals surface area contributed by atoms with Crippen LogP contribution in [0.5, 0.6) is 0 Å². The van der Waals surface area contributed by atoms with E-state index in [4.69, 9.17) is 0 Å². The van der Waals surface area contributed by atoms with Crippen LogP contribution in [0, 0.1) is 5.92 Å². The first-order valence-corrected chi connectivity index (χ1v) is 4.84. The summed E-state index contributed by atoms with van der Waals surface area (Å²) in [6.45, 7) is 2.95. The van der Waals surface area contributed by atoms with Crippen LogP contribution in [0.1, 0.15) is 20.3 Å². The van der Waals surface area contributed by atoms with Crippen molar-refractivity contribution in [2.75, 3.05) is 14.2 Å². The molecule has 0 aromatic heterocycles. The highest BCUT2D eigenvalue weighted by Gasteiger charge is 2.28. The van der Waals surface area contributed by atoms with Gasteiger partial charge in [-0.15, -0.1) is 0 Å². The molecule has 0 unspecified atom stereocenters. The molecule has 1 N–H and O–H groups in total. The van der Waals surface area contributed by atoms with E-state index in [-0.39, 0.29) is 18.2 Å². The second-order valence-electron chi connectivity index (χ2n) is 3.46. The predicted molar refractivity (Wildman–Crippen MR) is 55.4 cm³/mol. The van der Waals surface area contributed by atoms with Gasteiger partial charge in [0.1, 0.15) is 6.04 Å². The summed E-state index contributed by atoms with van der Waals surface area (Å²) in [6, 6.07) is -0.832. The van der Waals surface area contributed by atoms with E-state index >= 15 is 0 Å². The van der Waals surface area contributed by atoms with Crippen molar-refractivity contribution in [3.63, 3.8) is 0 Å². The Hall–Kier alpha value is -1.59. The van der Waals surface area contributed by atoms with Crippen molar-refractivity contribution in [1.29, 1.82) is 0 Å². The molecule has 2 atom stereocenters. The molecule has 0 fully saturated rings. The summed E-state index contributed by atoms with van der Waals surface area (Å²) < 4.78 is 9.03. The summed E-state index contributed by atoms with van der Waals surface area (Å²) in [7, 11) is 2.49. The summed E-state index contributed by atoms with van der Waals surface area (Å²) in [6.07, 6.45) is 0.0382. The number of nitrogens with one attached hydrogen (secondary N) is 1. The Kier molecular flexibility index (Phi) is 6.14. The molecule has 16 heavy (non-hydrogen) atoms. The predicted octanol–water partition coefficient (Wildman–Crippen LogP) is -0.137. The monoisotopic (exact) mass is 231 g/mol. The molecule has 92 valence electrons. The zero-order chi connectivity index (χ0) is 12.7. The summed E-state index contributed by atoms with van der Waals surface area (Å²) >= 11 is 0. The first kappa shape index (κ1) is 14.4. The van der Waals surface area contributed by atoms with E-state index in [2.05, 4.69) is 14.8 Å². The quantitative estimate of drug-likeness (QED) is 0.666. The minimum absolute atomic E-state index is 0.0382. The van der Waals surface area contributed by atoms with E-state index in [1.54, 1.807) is 6.92 Å². The lowest BCUT2D eigenvalue weighted by molar-refractivity contribution is -0.148. The molecular formula is C10H17NO5. The molecule has 6 nitrogen and oxygen atoms in total. The summed E-state index contributed by atoms with van der Waals surface area (Å²) in [4.78, 5) is 33.3. The van der Waals surface area contributed by atoms with Gasteiger partial charge in [-0.25, -0.2) is 4.79 Å². The number of rotatable bonds is 5. The fourth-order valence-electron chi connectivity index (χ4n) is 1.24. The minimum Gasteiger partial charge on any atom is -0.469 e. The summed E-state index contributed by atoms with van der Waals surface area (Å²) in [5.74, 6) is -1.76. The van der Waals surface area contributed by atoms with Gasteiger partial charge < -0.3 is 14.8 Å². The van der Waals surface area contributed by atoms with Gasteiger partial charge >= 0.3 is 11.9 Å². The lowest BCUT2D eigenvalue weighted by Crippen LogP contribution is -2.45. The number of carbonyl (C=O) groups is 3. The average molecular weight is 231 g/mol. The molecule has 6 heteroatoms. The third kappa shape index (κ3) is 4.77. The van der Waals surface area contributed by atoms with Crippen LogP contribution in [0.2, 0.25) is 0 Å². The van der Waals surface area contributed by atoms with Crippen molar-refractivity contribution < 1.29 is 23.9 Å². The van der Waals surface area contributed by atoms with Crippen LogP contribution >= 0.6 is 0 Å². The van der Waals surface area contributed by atoms with Crippen molar-refractivity contribution >= 4 is 17.8 Å². The molecule has 0 heterocycles. The van der Waals surface area contributed by atoms with E-state index in [1.807, 2.05) is 0 Å². The molecule has 0 aliphatic carbocycles. The Balaban J connectivity index is 4.55. The molecule has 0 saturated heterocycles. The molecule has 0 aromatic rings. The maximum atomic E-state index is 11.4. The number of esters is 2. The number of methoxy groups -OCH3 is 2. The van der Waals surface area contributed by atoms with Crippen LogP contribution in [0.15, 0.2) is 0 Å². The van der Waals surface area contributed by atoms with Gasteiger partial charge in [-0.1, -0.05) is 6.92 Å². The zero-order valence-corrected chi connectivity index (χ0v) is 9.90. The largest absolute Gasteiger partial charge is 0.469 e. The number of ether oxygens (including phenoxy) is 2. The van der Waals surface area contributed by atoms with Crippen molar-refractivity contribution in [1.82, 2.24) is 5.32 Å². The molecule has 0 aromatic carbocycles. The zero-order valence-electron chi connectivity index (χ0n) is 9.90. The normalized spacial score (nSPS) is 13.5. The molecule has 1 amide bonds. The lowest BCUT2D eigenvalue weighted by atomic mass is 9.98. The highest BCUT2D eigenvalue weighted by Crippen LogP contribution is 2.10. The van der Waals surface area contributed by atoms with E-state index in [0.717, 1.165) is 0 Å². The Morgan fingerprint density at radius 3 is 2.12 bits per heavy atom. The van der Waals surface area contributed by atoms with Gasteiger partial charge in [-0.2, -0.15) is 0 Å². The molecular weight excluding hydrogens is 214 g/mol. The maximum Gasteiger partial charge on any atom is 0.328 e. The minimum atomic E-state index is -0.832. The second kappa shape index (κ2) is 6.81. The summed E-state index contributed by atoms with van der Waals surface area (Å²) in [5.41, 5.74) is 0. The topological polar surface area (TPSA) is 81.7 Å². The smallest absolute Gasteiger partial charge is 0.328 e. The van der Waals surface area contributed by atoms with Crippen LogP contribution in [0.4, 0.5) is 0 Å². The highest BCUT2D eigenvalue weighted by molar-refractivity contribution is 5.84. The number of hydrogen-bond acceptors (Lipinski definition) is 5. The fourth-order valence-corrected chi connectivity index (χ4v) is 1.24. The standard InChI is InChI=1S/C10H17NO5/c1-6(5-8(13)15-3)9(10(14)16-4)11-7(2)12/h6,9H,5H2,1-4H3,(H,11,12)/t6-,9+/m1/s1. The van der Waals surface area contributed by atoms with Crippen LogP contribution in [0.25, 0.3) is 0 Å². The van der Waals surface area contributed by atoms with Crippen molar-refractivity contribution in [2.24, 2.45) is 5.92 Å². The molecule has 0 rings (SSSR count). The van der Waals surface area contributed by atoms with Gasteiger partial charge in [0.15, 0.2) is 0 Å². The lowest BCUT2D eigenvalue weighted by Gasteiger charge is -2.21. The SMILES string of the molecule is COC(=O)C[C@@H](C)[C@H](NC(C)=O)C(=O)OC. The Morgan fingerprint density at radius 1 is 1.19 bits per heavy atom. The number of carbonyl (C=O) groups excluding carboxylic acids is 3. The number of amides is 1. The van der Waals surface area contributed by atoms with E-state index in [1.165, 1.54) is 21.1 Å². The Labute approximate surface area is 94.3 Å². The van der Waals surface area contributed by atoms with E-state index < -0.39 is 18.0 Å². The van der Waals surface area contributed by atoms with Crippen LogP contribution in [-0.4, -0.2) is 38.1 Å². The maximum absolute atomic E-state index is 11.4.